The number of carbonyl (C=O) groups is 1. The summed E-state index contributed by atoms with van der Waals surface area (Å²) in [7, 11) is 0. The minimum Gasteiger partial charge on any atom is -0.480 e. The number of rotatable bonds is 4. The Morgan fingerprint density at radius 1 is 1.58 bits per heavy atom. The van der Waals surface area contributed by atoms with Crippen molar-refractivity contribution in [1.82, 2.24) is 14.7 Å². The van der Waals surface area contributed by atoms with E-state index in [1.54, 1.807) is 18.3 Å². The summed E-state index contributed by atoms with van der Waals surface area (Å²) < 4.78 is 2.21. The topological polar surface area (TPSA) is 83.7 Å². The second-order valence-electron chi connectivity index (χ2n) is 4.10. The average Bonchev–Trinajstić information content (AvgIpc) is 2.36. The number of nitrogens with one attached hydrogen (secondary N) is 1. The fourth-order valence-electron chi connectivity index (χ4n) is 1.56. The van der Waals surface area contributed by atoms with Gasteiger partial charge in [0.05, 0.1) is 5.69 Å². The van der Waals surface area contributed by atoms with E-state index in [1.807, 2.05) is 0 Å². The Balaban J connectivity index is 2.29. The maximum absolute atomic E-state index is 11.9. The summed E-state index contributed by atoms with van der Waals surface area (Å²) in [5, 5.41) is 11.5. The normalized spacial score (nSPS) is 12.5. The van der Waals surface area contributed by atoms with Crippen LogP contribution in [0.1, 0.15) is 12.6 Å². The second-order valence-corrected chi connectivity index (χ2v) is 5.02. The van der Waals surface area contributed by atoms with Crippen molar-refractivity contribution >= 4 is 27.5 Å². The van der Waals surface area contributed by atoms with Gasteiger partial charge in [-0.3, -0.25) is 19.3 Å². The minimum absolute atomic E-state index is 0.203. The summed E-state index contributed by atoms with van der Waals surface area (Å²) in [6.45, 7) is 1.77. The molecule has 0 saturated carbocycles. The second kappa shape index (κ2) is 5.50. The van der Waals surface area contributed by atoms with Crippen molar-refractivity contribution < 1.29 is 9.90 Å². The fraction of sp³-hybridized carbons (Fsp3) is 0.250. The summed E-state index contributed by atoms with van der Waals surface area (Å²) in [5.74, 6) is -0.943. The highest BCUT2D eigenvalue weighted by molar-refractivity contribution is 9.10. The van der Waals surface area contributed by atoms with Crippen LogP contribution in [0.15, 0.2) is 33.7 Å². The molecule has 0 aliphatic heterocycles. The van der Waals surface area contributed by atoms with Crippen molar-refractivity contribution in [3.63, 3.8) is 0 Å². The zero-order chi connectivity index (χ0) is 14.0. The number of pyridine rings is 1. The quantitative estimate of drug-likeness (QED) is 0.876. The molecule has 1 unspecified atom stereocenters. The number of halogens is 1. The predicted octanol–water partition coefficient (Wildman–Crippen LogP) is 1.02. The lowest BCUT2D eigenvalue weighted by molar-refractivity contribution is -0.139. The zero-order valence-electron chi connectivity index (χ0n) is 10.1. The molecule has 100 valence electrons. The Hall–Kier alpha value is -1.73. The molecule has 0 aliphatic rings. The molecule has 0 aromatic carbocycles. The largest absolute Gasteiger partial charge is 0.480 e. The van der Waals surface area contributed by atoms with Crippen LogP contribution in [-0.2, 0) is 11.3 Å². The fourth-order valence-corrected chi connectivity index (χ4v) is 1.90. The smallest absolute Gasteiger partial charge is 0.320 e. The van der Waals surface area contributed by atoms with Gasteiger partial charge in [0.1, 0.15) is 11.7 Å². The molecule has 0 spiro atoms. The molecule has 0 bridgehead atoms. The first-order valence-electron chi connectivity index (χ1n) is 5.61. The molecule has 2 heterocycles. The van der Waals surface area contributed by atoms with Gasteiger partial charge in [0.15, 0.2) is 0 Å². The lowest BCUT2D eigenvalue weighted by Gasteiger charge is -2.09. The first kappa shape index (κ1) is 13.7. The van der Waals surface area contributed by atoms with Gasteiger partial charge in [-0.15, -0.1) is 0 Å². The number of fused-ring (bicyclic) bond motifs is 1. The van der Waals surface area contributed by atoms with Crippen molar-refractivity contribution in [2.45, 2.75) is 19.5 Å². The van der Waals surface area contributed by atoms with Gasteiger partial charge in [0.25, 0.3) is 5.56 Å². The van der Waals surface area contributed by atoms with Crippen molar-refractivity contribution in [2.24, 2.45) is 0 Å². The number of carboxylic acids is 1. The summed E-state index contributed by atoms with van der Waals surface area (Å²) >= 11 is 3.29. The van der Waals surface area contributed by atoms with Gasteiger partial charge in [-0.2, -0.15) is 0 Å². The SMILES string of the molecule is CC(NCc1cc(=O)n2cc(Br)ccc2n1)C(=O)O. The van der Waals surface area contributed by atoms with Gasteiger partial charge in [-0.25, -0.2) is 4.98 Å². The van der Waals surface area contributed by atoms with E-state index in [1.165, 1.54) is 17.4 Å². The van der Waals surface area contributed by atoms with E-state index in [4.69, 9.17) is 5.11 Å². The van der Waals surface area contributed by atoms with Crippen LogP contribution in [0, 0.1) is 0 Å². The molecule has 2 aromatic heterocycles. The van der Waals surface area contributed by atoms with E-state index in [0.717, 1.165) is 4.47 Å². The molecule has 7 heteroatoms. The summed E-state index contributed by atoms with van der Waals surface area (Å²) in [4.78, 5) is 26.9. The van der Waals surface area contributed by atoms with Crippen LogP contribution in [0.5, 0.6) is 0 Å². The number of nitrogens with zero attached hydrogens (tertiary/aromatic N) is 2. The number of carboxylic acid groups (broad SMARTS) is 1. The van der Waals surface area contributed by atoms with Gasteiger partial charge in [0.2, 0.25) is 0 Å². The summed E-state index contributed by atoms with van der Waals surface area (Å²) in [6, 6.07) is 4.21. The van der Waals surface area contributed by atoms with Crippen molar-refractivity contribution in [2.75, 3.05) is 0 Å². The van der Waals surface area contributed by atoms with E-state index in [9.17, 15) is 9.59 Å². The van der Waals surface area contributed by atoms with E-state index in [2.05, 4.69) is 26.2 Å². The van der Waals surface area contributed by atoms with Crippen molar-refractivity contribution in [1.29, 1.82) is 0 Å². The zero-order valence-corrected chi connectivity index (χ0v) is 11.7. The predicted molar refractivity (Wildman–Crippen MR) is 73.1 cm³/mol. The molecule has 0 saturated heterocycles. The molecule has 0 amide bonds. The van der Waals surface area contributed by atoms with Crippen LogP contribution in [-0.4, -0.2) is 26.5 Å². The molecular weight excluding hydrogens is 314 g/mol. The van der Waals surface area contributed by atoms with Gasteiger partial charge in [-0.05, 0) is 35.0 Å². The average molecular weight is 326 g/mol. The first-order valence-corrected chi connectivity index (χ1v) is 6.40. The molecule has 6 nitrogen and oxygen atoms in total. The number of hydrogen-bond acceptors (Lipinski definition) is 4. The molecule has 2 aromatic rings. The number of aliphatic carboxylic acids is 1. The third-order valence-electron chi connectivity index (χ3n) is 2.64. The first-order chi connectivity index (χ1) is 8.97. The Morgan fingerprint density at radius 3 is 3.00 bits per heavy atom. The summed E-state index contributed by atoms with van der Waals surface area (Å²) in [6.07, 6.45) is 1.64. The highest BCUT2D eigenvalue weighted by Crippen LogP contribution is 2.09. The highest BCUT2D eigenvalue weighted by atomic mass is 79.9. The van der Waals surface area contributed by atoms with Crippen molar-refractivity contribution in [3.8, 4) is 0 Å². The number of hydrogen-bond donors (Lipinski definition) is 2. The van der Waals surface area contributed by atoms with Gasteiger partial charge in [-0.1, -0.05) is 0 Å². The molecule has 2 N–H and O–H groups in total. The Bertz CT molecular complexity index is 683. The molecule has 0 aliphatic carbocycles. The van der Waals surface area contributed by atoms with Crippen LogP contribution in [0.2, 0.25) is 0 Å². The van der Waals surface area contributed by atoms with E-state index < -0.39 is 12.0 Å². The lowest BCUT2D eigenvalue weighted by atomic mass is 10.3. The number of aromatic nitrogens is 2. The molecule has 2 rings (SSSR count). The maximum Gasteiger partial charge on any atom is 0.320 e. The third kappa shape index (κ3) is 3.18. The van der Waals surface area contributed by atoms with Crippen LogP contribution in [0.25, 0.3) is 5.65 Å². The van der Waals surface area contributed by atoms with E-state index in [-0.39, 0.29) is 12.1 Å². The molecule has 0 radical (unpaired) electrons. The van der Waals surface area contributed by atoms with Gasteiger partial charge in [0, 0.05) is 23.3 Å². The van der Waals surface area contributed by atoms with Gasteiger partial charge < -0.3 is 5.11 Å². The Morgan fingerprint density at radius 2 is 2.32 bits per heavy atom. The Labute approximate surface area is 117 Å². The monoisotopic (exact) mass is 325 g/mol. The van der Waals surface area contributed by atoms with Gasteiger partial charge >= 0.3 is 5.97 Å². The van der Waals surface area contributed by atoms with Crippen molar-refractivity contribution in [3.05, 3.63) is 44.9 Å². The molecule has 19 heavy (non-hydrogen) atoms. The lowest BCUT2D eigenvalue weighted by Crippen LogP contribution is -2.33. The van der Waals surface area contributed by atoms with Crippen LogP contribution >= 0.6 is 15.9 Å². The maximum atomic E-state index is 11.9. The van der Waals surface area contributed by atoms with Crippen LogP contribution < -0.4 is 10.9 Å². The third-order valence-corrected chi connectivity index (χ3v) is 3.11. The van der Waals surface area contributed by atoms with Crippen LogP contribution in [0.3, 0.4) is 0 Å². The molecular formula is C12H12BrN3O3. The summed E-state index contributed by atoms with van der Waals surface area (Å²) in [5.41, 5.74) is 0.835. The highest BCUT2D eigenvalue weighted by Gasteiger charge is 2.10. The minimum atomic E-state index is -0.943. The Kier molecular flexibility index (Phi) is 3.96. The van der Waals surface area contributed by atoms with E-state index in [0.29, 0.717) is 11.3 Å². The van der Waals surface area contributed by atoms with Crippen LogP contribution in [0.4, 0.5) is 0 Å². The molecule has 0 fully saturated rings. The standard InChI is InChI=1S/C12H12BrN3O3/c1-7(12(18)19)14-5-9-4-11(17)16-6-8(13)2-3-10(16)15-9/h2-4,6-7,14H,5H2,1H3,(H,18,19). The van der Waals surface area contributed by atoms with E-state index >= 15 is 0 Å². The molecule has 1 atom stereocenters.